The van der Waals surface area contributed by atoms with Crippen molar-refractivity contribution in [3.63, 3.8) is 0 Å². The van der Waals surface area contributed by atoms with Gasteiger partial charge in [0.05, 0.1) is 5.36 Å². The zero-order valence-corrected chi connectivity index (χ0v) is 9.48. The van der Waals surface area contributed by atoms with E-state index in [0.717, 1.165) is 10.8 Å². The van der Waals surface area contributed by atoms with Crippen molar-refractivity contribution >= 4 is 23.6 Å². The summed E-state index contributed by atoms with van der Waals surface area (Å²) in [5.41, 5.74) is 0.875. The summed E-state index contributed by atoms with van der Waals surface area (Å²) in [6, 6.07) is 3.53. The average molecular weight is 250 g/mol. The molecule has 0 fully saturated rings. The first-order valence-corrected chi connectivity index (χ1v) is 5.49. The van der Waals surface area contributed by atoms with Crippen LogP contribution in [0.4, 0.5) is 0 Å². The summed E-state index contributed by atoms with van der Waals surface area (Å²) in [4.78, 5) is 15.0. The smallest absolute Gasteiger partial charge is 0.270 e. The summed E-state index contributed by atoms with van der Waals surface area (Å²) in [5, 5.41) is 1.98. The van der Waals surface area contributed by atoms with Crippen LogP contribution in [0, 0.1) is 0 Å². The van der Waals surface area contributed by atoms with E-state index >= 15 is 0 Å². The number of rotatable bonds is 2. The molecule has 17 heavy (non-hydrogen) atoms. The lowest BCUT2D eigenvalue weighted by molar-refractivity contribution is -0.112. The monoisotopic (exact) mass is 249 g/mol. The second-order valence-electron chi connectivity index (χ2n) is 3.77. The topological polar surface area (TPSA) is 47.9 Å². The van der Waals surface area contributed by atoms with Crippen LogP contribution < -0.4 is 10.6 Å². The van der Waals surface area contributed by atoms with Crippen molar-refractivity contribution in [1.82, 2.24) is 0 Å². The number of carbonyl (C=O) groups is 1. The van der Waals surface area contributed by atoms with Crippen molar-refractivity contribution in [1.29, 1.82) is 0 Å². The van der Waals surface area contributed by atoms with E-state index in [-0.39, 0.29) is 12.2 Å². The van der Waals surface area contributed by atoms with Crippen LogP contribution in [0.2, 0.25) is 5.02 Å². The highest BCUT2D eigenvalue weighted by Gasteiger charge is 2.16. The van der Waals surface area contributed by atoms with Gasteiger partial charge in [0.25, 0.3) is 5.91 Å². The van der Waals surface area contributed by atoms with Gasteiger partial charge in [-0.15, -0.1) is 0 Å². The molecule has 3 rings (SSSR count). The van der Waals surface area contributed by atoms with Crippen LogP contribution in [-0.2, 0) is 20.7 Å². The van der Waals surface area contributed by atoms with Crippen molar-refractivity contribution in [2.45, 2.75) is 12.7 Å². The normalized spacial score (nSPS) is 17.1. The summed E-state index contributed by atoms with van der Waals surface area (Å²) < 4.78 is 10.4. The molecule has 86 valence electrons. The summed E-state index contributed by atoms with van der Waals surface area (Å²) in [6.45, 7) is 0. The molecular weight excluding hydrogens is 242 g/mol. The van der Waals surface area contributed by atoms with Gasteiger partial charge in [0, 0.05) is 22.7 Å². The second kappa shape index (κ2) is 3.89. The predicted octanol–water partition coefficient (Wildman–Crippen LogP) is 0.667. The summed E-state index contributed by atoms with van der Waals surface area (Å²) in [7, 11) is 0. The Hall–Kier alpha value is -1.81. The van der Waals surface area contributed by atoms with Crippen molar-refractivity contribution in [3.05, 3.63) is 45.8 Å². The lowest BCUT2D eigenvalue weighted by Crippen LogP contribution is -2.23. The van der Waals surface area contributed by atoms with E-state index in [4.69, 9.17) is 21.1 Å². The van der Waals surface area contributed by atoms with Gasteiger partial charge in [-0.25, -0.2) is 4.99 Å². The van der Waals surface area contributed by atoms with Crippen LogP contribution in [0.3, 0.4) is 0 Å². The van der Waals surface area contributed by atoms with E-state index in [0.29, 0.717) is 16.8 Å². The number of hydrogen-bond donors (Lipinski definition) is 0. The van der Waals surface area contributed by atoms with E-state index in [1.54, 1.807) is 6.07 Å². The van der Waals surface area contributed by atoms with Crippen LogP contribution in [-0.4, -0.2) is 12.2 Å². The average Bonchev–Trinajstić information content (AvgIpc) is 2.87. The Morgan fingerprint density at radius 3 is 2.82 bits per heavy atom. The van der Waals surface area contributed by atoms with Crippen LogP contribution in [0.1, 0.15) is 5.56 Å². The summed E-state index contributed by atoms with van der Waals surface area (Å²) in [6.07, 6.45) is 4.67. The third-order valence-corrected chi connectivity index (χ3v) is 2.96. The number of benzene rings is 1. The van der Waals surface area contributed by atoms with Gasteiger partial charge in [-0.1, -0.05) is 11.6 Å². The molecule has 0 N–H and O–H groups in total. The van der Waals surface area contributed by atoms with Crippen LogP contribution in [0.15, 0.2) is 29.6 Å². The highest BCUT2D eigenvalue weighted by Crippen LogP contribution is 2.18. The first-order valence-electron chi connectivity index (χ1n) is 5.11. The predicted molar refractivity (Wildman–Crippen MR) is 60.5 cm³/mol. The molecule has 0 unspecified atom stereocenters. The van der Waals surface area contributed by atoms with Crippen molar-refractivity contribution in [3.8, 4) is 0 Å². The number of ether oxygens (including phenoxy) is 2. The number of halogens is 1. The third-order valence-electron chi connectivity index (χ3n) is 2.61. The van der Waals surface area contributed by atoms with Gasteiger partial charge < -0.3 is 9.47 Å². The Morgan fingerprint density at radius 2 is 2.06 bits per heavy atom. The molecule has 0 saturated carbocycles. The molecule has 0 aliphatic carbocycles. The lowest BCUT2D eigenvalue weighted by Gasteiger charge is -2.10. The quantitative estimate of drug-likeness (QED) is 0.774. The van der Waals surface area contributed by atoms with Gasteiger partial charge in [0.2, 0.25) is 6.29 Å². The molecule has 0 spiro atoms. The second-order valence-corrected chi connectivity index (χ2v) is 4.18. The fraction of sp³-hybridized carbons (Fsp3) is 0.167. The van der Waals surface area contributed by atoms with E-state index in [9.17, 15) is 4.79 Å². The molecule has 4 nitrogen and oxygen atoms in total. The Kier molecular flexibility index (Phi) is 2.37. The Labute approximate surface area is 102 Å². The number of nitrogens with zero attached hydrogens (tertiary/aromatic N) is 1. The minimum absolute atomic E-state index is 0.247. The molecule has 1 aromatic carbocycles. The number of amides is 1. The van der Waals surface area contributed by atoms with Gasteiger partial charge in [-0.05, 0) is 17.7 Å². The third kappa shape index (κ3) is 1.91. The van der Waals surface area contributed by atoms with E-state index in [2.05, 4.69) is 4.99 Å². The molecular formula is C12H8ClNO3. The molecule has 2 aliphatic heterocycles. The number of fused-ring (bicyclic) bond motifs is 1. The van der Waals surface area contributed by atoms with Crippen LogP contribution in [0.25, 0.3) is 6.08 Å². The molecule has 5 heteroatoms. The Bertz CT molecular complexity index is 628. The summed E-state index contributed by atoms with van der Waals surface area (Å²) in [5.74, 6) is -0.247. The fourth-order valence-corrected chi connectivity index (χ4v) is 2.06. The highest BCUT2D eigenvalue weighted by atomic mass is 35.5. The lowest BCUT2D eigenvalue weighted by atomic mass is 10.1. The van der Waals surface area contributed by atoms with Gasteiger partial charge in [-0.2, -0.15) is 0 Å². The molecule has 1 aromatic rings. The minimum Gasteiger partial charge on any atom is -0.459 e. The van der Waals surface area contributed by atoms with E-state index in [1.165, 1.54) is 18.6 Å². The van der Waals surface area contributed by atoms with Gasteiger partial charge >= 0.3 is 0 Å². The van der Waals surface area contributed by atoms with Crippen molar-refractivity contribution < 1.29 is 14.3 Å². The minimum atomic E-state index is -0.348. The largest absolute Gasteiger partial charge is 0.459 e. The van der Waals surface area contributed by atoms with Crippen molar-refractivity contribution in [2.24, 2.45) is 4.99 Å². The molecule has 0 radical (unpaired) electrons. The van der Waals surface area contributed by atoms with E-state index in [1.807, 2.05) is 6.07 Å². The van der Waals surface area contributed by atoms with Gasteiger partial charge in [0.15, 0.2) is 0 Å². The maximum atomic E-state index is 11.1. The van der Waals surface area contributed by atoms with Crippen molar-refractivity contribution in [2.75, 3.05) is 0 Å². The Morgan fingerprint density at radius 1 is 1.29 bits per heavy atom. The molecule has 0 saturated heterocycles. The SMILES string of the molecule is O=C1C=c2cc(CC3OC=CO3)c(Cl)cc2=N1. The number of carbonyl (C=O) groups excluding carboxylic acids is 1. The zero-order valence-electron chi connectivity index (χ0n) is 8.72. The molecule has 2 aliphatic rings. The van der Waals surface area contributed by atoms with Crippen LogP contribution in [0.5, 0.6) is 0 Å². The summed E-state index contributed by atoms with van der Waals surface area (Å²) >= 11 is 6.12. The zero-order chi connectivity index (χ0) is 11.8. The van der Waals surface area contributed by atoms with Gasteiger partial charge in [0.1, 0.15) is 12.5 Å². The first kappa shape index (κ1) is 10.4. The maximum absolute atomic E-state index is 11.1. The number of hydrogen-bond acceptors (Lipinski definition) is 3. The molecule has 0 aromatic heterocycles. The molecule has 0 bridgehead atoms. The molecule has 0 atom stereocenters. The highest BCUT2D eigenvalue weighted by molar-refractivity contribution is 6.31. The molecule has 2 heterocycles. The Balaban J connectivity index is 1.97. The van der Waals surface area contributed by atoms with Crippen LogP contribution >= 0.6 is 11.6 Å². The van der Waals surface area contributed by atoms with Gasteiger partial charge in [-0.3, -0.25) is 4.79 Å². The van der Waals surface area contributed by atoms with E-state index < -0.39 is 0 Å². The maximum Gasteiger partial charge on any atom is 0.270 e. The fourth-order valence-electron chi connectivity index (χ4n) is 1.83. The molecule has 1 amide bonds. The standard InChI is InChI=1S/C12H8ClNO3/c13-9-6-10-8(4-11(15)14-10)3-7(9)5-12-16-1-2-17-12/h1-4,6,12H,5H2. The first-order chi connectivity index (χ1) is 8.22.